The Morgan fingerprint density at radius 2 is 1.71 bits per heavy atom. The van der Waals surface area contributed by atoms with Crippen LogP contribution in [0.5, 0.6) is 0 Å². The quantitative estimate of drug-likeness (QED) is 0.322. The molecule has 0 rings (SSSR count). The van der Waals surface area contributed by atoms with Gasteiger partial charge in [0, 0.05) is 0 Å². The van der Waals surface area contributed by atoms with Gasteiger partial charge < -0.3 is 26.6 Å². The molecule has 0 bridgehead atoms. The summed E-state index contributed by atoms with van der Waals surface area (Å²) in [4.78, 5) is 42.9. The van der Waals surface area contributed by atoms with Gasteiger partial charge in [-0.2, -0.15) is 0 Å². The maximum atomic E-state index is 11.3. The fourth-order valence-electron chi connectivity index (χ4n) is 0.923. The molecule has 0 saturated carbocycles. The first-order valence-corrected chi connectivity index (χ1v) is 4.57. The molecule has 9 nitrogen and oxygen atoms in total. The Balaban J connectivity index is 4.44. The molecule has 9 heteroatoms. The van der Waals surface area contributed by atoms with Crippen LogP contribution in [0.15, 0.2) is 0 Å². The number of amides is 2. The summed E-state index contributed by atoms with van der Waals surface area (Å²) in [6, 6.07) is -1.34. The summed E-state index contributed by atoms with van der Waals surface area (Å²) in [6.45, 7) is -1.06. The van der Waals surface area contributed by atoms with Crippen molar-refractivity contribution in [2.45, 2.75) is 12.5 Å². The summed E-state index contributed by atoms with van der Waals surface area (Å²) in [7, 11) is 0. The normalized spacial score (nSPS) is 11.4. The van der Waals surface area contributed by atoms with E-state index in [4.69, 9.17) is 15.9 Å². The molecule has 0 aromatic carbocycles. The van der Waals surface area contributed by atoms with E-state index in [1.165, 1.54) is 0 Å². The van der Waals surface area contributed by atoms with Gasteiger partial charge in [0.1, 0.15) is 12.6 Å². The summed E-state index contributed by atoms with van der Waals surface area (Å²) in [5.74, 6) is -4.19. The number of carboxylic acid groups (broad SMARTS) is 2. The fourth-order valence-corrected chi connectivity index (χ4v) is 0.923. The molecule has 0 aliphatic heterocycles. The number of hydrogen-bond donors (Lipinski definition) is 5. The van der Waals surface area contributed by atoms with Crippen molar-refractivity contribution in [3.8, 4) is 0 Å². The number of carboxylic acids is 2. The average molecular weight is 247 g/mol. The van der Waals surface area contributed by atoms with Gasteiger partial charge in [0.15, 0.2) is 0 Å². The molecule has 0 heterocycles. The van der Waals surface area contributed by atoms with Crippen LogP contribution in [0.3, 0.4) is 0 Å². The molecule has 6 N–H and O–H groups in total. The minimum atomic E-state index is -1.34. The maximum Gasteiger partial charge on any atom is 0.322 e. The number of rotatable bonds is 7. The molecule has 2 amide bonds. The van der Waals surface area contributed by atoms with Crippen LogP contribution in [0.4, 0.5) is 0 Å². The maximum absolute atomic E-state index is 11.3. The number of aliphatic carboxylic acids is 2. The molecule has 17 heavy (non-hydrogen) atoms. The SMILES string of the molecule is NCC(=O)NC(CC(=O)O)C(=O)NCC(=O)O. The first-order chi connectivity index (χ1) is 7.86. The third-order valence-corrected chi connectivity index (χ3v) is 1.63. The third kappa shape index (κ3) is 6.84. The van der Waals surface area contributed by atoms with Gasteiger partial charge in [-0.3, -0.25) is 19.2 Å². The number of nitrogens with one attached hydrogen (secondary N) is 2. The minimum Gasteiger partial charge on any atom is -0.481 e. The van der Waals surface area contributed by atoms with Crippen LogP contribution >= 0.6 is 0 Å². The molecular weight excluding hydrogens is 234 g/mol. The Kier molecular flexibility index (Phi) is 6.26. The van der Waals surface area contributed by atoms with Crippen molar-refractivity contribution in [3.63, 3.8) is 0 Å². The molecule has 96 valence electrons. The van der Waals surface area contributed by atoms with E-state index >= 15 is 0 Å². The first-order valence-electron chi connectivity index (χ1n) is 4.57. The molecule has 0 spiro atoms. The number of hydrogen-bond acceptors (Lipinski definition) is 5. The van der Waals surface area contributed by atoms with Crippen molar-refractivity contribution in [2.24, 2.45) is 5.73 Å². The van der Waals surface area contributed by atoms with Gasteiger partial charge in [-0.1, -0.05) is 0 Å². The van der Waals surface area contributed by atoms with Crippen molar-refractivity contribution < 1.29 is 29.4 Å². The highest BCUT2D eigenvalue weighted by Crippen LogP contribution is 1.92. The number of nitrogens with two attached hydrogens (primary N) is 1. The zero-order valence-electron chi connectivity index (χ0n) is 8.80. The molecule has 1 unspecified atom stereocenters. The zero-order valence-corrected chi connectivity index (χ0v) is 8.80. The van der Waals surface area contributed by atoms with Gasteiger partial charge in [-0.15, -0.1) is 0 Å². The van der Waals surface area contributed by atoms with E-state index in [1.807, 2.05) is 5.32 Å². The van der Waals surface area contributed by atoms with Crippen LogP contribution in [0.2, 0.25) is 0 Å². The van der Waals surface area contributed by atoms with Gasteiger partial charge >= 0.3 is 11.9 Å². The number of carbonyl (C=O) groups is 4. The molecule has 0 aromatic heterocycles. The van der Waals surface area contributed by atoms with E-state index in [1.54, 1.807) is 0 Å². The van der Waals surface area contributed by atoms with Crippen LogP contribution in [0.1, 0.15) is 6.42 Å². The van der Waals surface area contributed by atoms with Crippen LogP contribution < -0.4 is 16.4 Å². The summed E-state index contributed by atoms with van der Waals surface area (Å²) in [5.41, 5.74) is 4.99. The fraction of sp³-hybridized carbons (Fsp3) is 0.500. The van der Waals surface area contributed by atoms with E-state index in [2.05, 4.69) is 5.32 Å². The van der Waals surface area contributed by atoms with Gasteiger partial charge in [-0.25, -0.2) is 0 Å². The predicted octanol–water partition coefficient (Wildman–Crippen LogP) is -2.89. The molecule has 0 aliphatic rings. The molecule has 1 atom stereocenters. The first kappa shape index (κ1) is 14.8. The van der Waals surface area contributed by atoms with Crippen LogP contribution in [-0.2, 0) is 19.2 Å². The van der Waals surface area contributed by atoms with Gasteiger partial charge in [0.2, 0.25) is 11.8 Å². The van der Waals surface area contributed by atoms with Crippen molar-refractivity contribution in [2.75, 3.05) is 13.1 Å². The Morgan fingerprint density at radius 1 is 1.12 bits per heavy atom. The lowest BCUT2D eigenvalue weighted by Crippen LogP contribution is -2.50. The number of carbonyl (C=O) groups excluding carboxylic acids is 2. The van der Waals surface area contributed by atoms with E-state index in [-0.39, 0.29) is 0 Å². The second-order valence-corrected chi connectivity index (χ2v) is 3.03. The van der Waals surface area contributed by atoms with Gasteiger partial charge in [-0.05, 0) is 0 Å². The van der Waals surface area contributed by atoms with Crippen molar-refractivity contribution in [1.82, 2.24) is 10.6 Å². The minimum absolute atomic E-state index is 0.400. The molecule has 0 saturated heterocycles. The van der Waals surface area contributed by atoms with E-state index in [9.17, 15) is 19.2 Å². The van der Waals surface area contributed by atoms with Gasteiger partial charge in [0.05, 0.1) is 13.0 Å². The van der Waals surface area contributed by atoms with Crippen LogP contribution in [-0.4, -0.2) is 53.1 Å². The van der Waals surface area contributed by atoms with Crippen molar-refractivity contribution >= 4 is 23.8 Å². The standard InChI is InChI=1S/C8H13N3O6/c9-2-5(12)11-4(1-6(13)14)8(17)10-3-7(15)16/h4H,1-3,9H2,(H,10,17)(H,11,12)(H,13,14)(H,15,16). The predicted molar refractivity (Wildman–Crippen MR) is 53.9 cm³/mol. The van der Waals surface area contributed by atoms with Crippen LogP contribution in [0, 0.1) is 0 Å². The monoisotopic (exact) mass is 247 g/mol. The molecule has 0 radical (unpaired) electrons. The highest BCUT2D eigenvalue weighted by molar-refractivity contribution is 5.92. The highest BCUT2D eigenvalue weighted by atomic mass is 16.4. The summed E-state index contributed by atoms with van der Waals surface area (Å²) in [6.07, 6.45) is -0.656. The Morgan fingerprint density at radius 3 is 2.12 bits per heavy atom. The van der Waals surface area contributed by atoms with Crippen LogP contribution in [0.25, 0.3) is 0 Å². The summed E-state index contributed by atoms with van der Waals surface area (Å²) in [5, 5.41) is 20.9. The van der Waals surface area contributed by atoms with E-state index in [0.717, 1.165) is 0 Å². The van der Waals surface area contributed by atoms with E-state index in [0.29, 0.717) is 0 Å². The smallest absolute Gasteiger partial charge is 0.322 e. The average Bonchev–Trinajstić information content (AvgIpc) is 2.23. The topological polar surface area (TPSA) is 159 Å². The lowest BCUT2D eigenvalue weighted by Gasteiger charge is -2.15. The summed E-state index contributed by atoms with van der Waals surface area (Å²) < 4.78 is 0. The lowest BCUT2D eigenvalue weighted by atomic mass is 10.2. The van der Waals surface area contributed by atoms with Crippen molar-refractivity contribution in [3.05, 3.63) is 0 Å². The zero-order chi connectivity index (χ0) is 13.4. The van der Waals surface area contributed by atoms with Gasteiger partial charge in [0.25, 0.3) is 0 Å². The second-order valence-electron chi connectivity index (χ2n) is 3.03. The Labute approximate surface area is 96.0 Å². The second kappa shape index (κ2) is 7.17. The molecule has 0 aromatic rings. The Bertz CT molecular complexity index is 329. The van der Waals surface area contributed by atoms with Crippen molar-refractivity contribution in [1.29, 1.82) is 0 Å². The molecular formula is C8H13N3O6. The highest BCUT2D eigenvalue weighted by Gasteiger charge is 2.23. The largest absolute Gasteiger partial charge is 0.481 e. The lowest BCUT2D eigenvalue weighted by molar-refractivity contribution is -0.141. The molecule has 0 aliphatic carbocycles. The van der Waals surface area contributed by atoms with E-state index < -0.39 is 49.3 Å². The Hall–Kier alpha value is -2.16. The summed E-state index contributed by atoms with van der Waals surface area (Å²) >= 11 is 0. The third-order valence-electron chi connectivity index (χ3n) is 1.63. The molecule has 0 fully saturated rings.